The monoisotopic (exact) mass is 293 g/mol. The molecule has 0 amide bonds. The molecule has 108 valence electrons. The van der Waals surface area contributed by atoms with E-state index >= 15 is 0 Å². The van der Waals surface area contributed by atoms with Crippen molar-refractivity contribution in [3.05, 3.63) is 34.6 Å². The van der Waals surface area contributed by atoms with Gasteiger partial charge >= 0.3 is 0 Å². The van der Waals surface area contributed by atoms with Crippen LogP contribution in [-0.2, 0) is 6.42 Å². The number of nitrogens with one attached hydrogen (secondary N) is 1. The van der Waals surface area contributed by atoms with Gasteiger partial charge in [0.25, 0.3) is 0 Å². The lowest BCUT2D eigenvalue weighted by Gasteiger charge is -2.05. The Morgan fingerprint density at radius 1 is 1.30 bits per heavy atom. The second-order valence-electron chi connectivity index (χ2n) is 5.17. The standard InChI is InChI=1S/C15H20FN3S/c1-10(2)17-8-4-5-14-18-19-15(20-14)13-9-12(16)7-6-11(13)3/h6-7,9-10,17H,4-5,8H2,1-3H3. The number of aryl methyl sites for hydroxylation is 2. The van der Waals surface area contributed by atoms with Crippen molar-refractivity contribution < 1.29 is 4.39 Å². The molecule has 1 aromatic heterocycles. The lowest BCUT2D eigenvalue weighted by molar-refractivity contribution is 0.569. The van der Waals surface area contributed by atoms with E-state index < -0.39 is 0 Å². The Kier molecular flexibility index (Phi) is 5.20. The van der Waals surface area contributed by atoms with Crippen molar-refractivity contribution in [2.45, 2.75) is 39.7 Å². The minimum atomic E-state index is -0.233. The normalized spacial score (nSPS) is 11.2. The summed E-state index contributed by atoms with van der Waals surface area (Å²) >= 11 is 1.55. The van der Waals surface area contributed by atoms with Crippen LogP contribution < -0.4 is 5.32 Å². The fourth-order valence-electron chi connectivity index (χ4n) is 1.92. The highest BCUT2D eigenvalue weighted by Gasteiger charge is 2.10. The Bertz CT molecular complexity index is 566. The summed E-state index contributed by atoms with van der Waals surface area (Å²) in [6.07, 6.45) is 1.95. The zero-order chi connectivity index (χ0) is 14.5. The van der Waals surface area contributed by atoms with E-state index in [1.54, 1.807) is 17.4 Å². The van der Waals surface area contributed by atoms with Crippen molar-refractivity contribution in [1.82, 2.24) is 15.5 Å². The van der Waals surface area contributed by atoms with Gasteiger partial charge in [-0.3, -0.25) is 0 Å². The minimum Gasteiger partial charge on any atom is -0.315 e. The fraction of sp³-hybridized carbons (Fsp3) is 0.467. The Balaban J connectivity index is 2.00. The molecule has 1 heterocycles. The van der Waals surface area contributed by atoms with Crippen molar-refractivity contribution >= 4 is 11.3 Å². The summed E-state index contributed by atoms with van der Waals surface area (Å²) in [5.41, 5.74) is 1.87. The van der Waals surface area contributed by atoms with Crippen LogP contribution in [0.1, 0.15) is 30.8 Å². The summed E-state index contributed by atoms with van der Waals surface area (Å²) in [5, 5.41) is 13.6. The van der Waals surface area contributed by atoms with Gasteiger partial charge in [0.15, 0.2) is 0 Å². The maximum absolute atomic E-state index is 13.3. The Morgan fingerprint density at radius 2 is 2.10 bits per heavy atom. The highest BCUT2D eigenvalue weighted by molar-refractivity contribution is 7.14. The Morgan fingerprint density at radius 3 is 2.85 bits per heavy atom. The number of benzene rings is 1. The van der Waals surface area contributed by atoms with Gasteiger partial charge in [0, 0.05) is 18.0 Å². The van der Waals surface area contributed by atoms with Crippen molar-refractivity contribution in [1.29, 1.82) is 0 Å². The summed E-state index contributed by atoms with van der Waals surface area (Å²) in [7, 11) is 0. The van der Waals surface area contributed by atoms with E-state index in [2.05, 4.69) is 29.4 Å². The second kappa shape index (κ2) is 6.90. The molecule has 0 saturated heterocycles. The zero-order valence-electron chi connectivity index (χ0n) is 12.1. The molecule has 0 fully saturated rings. The predicted molar refractivity (Wildman–Crippen MR) is 81.5 cm³/mol. The molecule has 0 aliphatic carbocycles. The summed E-state index contributed by atoms with van der Waals surface area (Å²) in [4.78, 5) is 0. The first-order valence-electron chi connectivity index (χ1n) is 6.88. The summed E-state index contributed by atoms with van der Waals surface area (Å²) < 4.78 is 13.3. The molecule has 1 aromatic carbocycles. The van der Waals surface area contributed by atoms with Gasteiger partial charge in [-0.2, -0.15) is 0 Å². The lowest BCUT2D eigenvalue weighted by Crippen LogP contribution is -2.23. The molecule has 0 atom stereocenters. The molecule has 0 unspecified atom stereocenters. The molecule has 0 bridgehead atoms. The maximum atomic E-state index is 13.3. The number of nitrogens with zero attached hydrogens (tertiary/aromatic N) is 2. The van der Waals surface area contributed by atoms with Crippen molar-refractivity contribution in [2.75, 3.05) is 6.54 Å². The smallest absolute Gasteiger partial charge is 0.148 e. The average Bonchev–Trinajstić information content (AvgIpc) is 2.86. The highest BCUT2D eigenvalue weighted by Crippen LogP contribution is 2.27. The SMILES string of the molecule is Cc1ccc(F)cc1-c1nnc(CCCNC(C)C)s1. The lowest BCUT2D eigenvalue weighted by atomic mass is 10.1. The van der Waals surface area contributed by atoms with E-state index in [9.17, 15) is 4.39 Å². The first-order valence-corrected chi connectivity index (χ1v) is 7.70. The van der Waals surface area contributed by atoms with Gasteiger partial charge in [0.05, 0.1) is 0 Å². The van der Waals surface area contributed by atoms with Crippen LogP contribution in [0.3, 0.4) is 0 Å². The molecule has 0 spiro atoms. The molecule has 0 aliphatic rings. The summed E-state index contributed by atoms with van der Waals surface area (Å²) in [6.45, 7) is 7.21. The van der Waals surface area contributed by atoms with Crippen molar-refractivity contribution in [2.24, 2.45) is 0 Å². The van der Waals surface area contributed by atoms with Gasteiger partial charge in [-0.15, -0.1) is 10.2 Å². The largest absolute Gasteiger partial charge is 0.315 e. The Labute approximate surface area is 123 Å². The number of halogens is 1. The van der Waals surface area contributed by atoms with Crippen LogP contribution in [0, 0.1) is 12.7 Å². The number of aromatic nitrogens is 2. The van der Waals surface area contributed by atoms with E-state index in [1.165, 1.54) is 12.1 Å². The Hall–Kier alpha value is -1.33. The van der Waals surface area contributed by atoms with E-state index in [1.807, 2.05) is 6.92 Å². The molecular formula is C15H20FN3S. The first-order chi connectivity index (χ1) is 9.56. The van der Waals surface area contributed by atoms with Crippen LogP contribution in [-0.4, -0.2) is 22.8 Å². The van der Waals surface area contributed by atoms with E-state index in [0.29, 0.717) is 6.04 Å². The van der Waals surface area contributed by atoms with E-state index in [0.717, 1.165) is 40.5 Å². The summed E-state index contributed by atoms with van der Waals surface area (Å²) in [6, 6.07) is 5.28. The van der Waals surface area contributed by atoms with Crippen LogP contribution in [0.5, 0.6) is 0 Å². The van der Waals surface area contributed by atoms with E-state index in [4.69, 9.17) is 0 Å². The maximum Gasteiger partial charge on any atom is 0.148 e. The quantitative estimate of drug-likeness (QED) is 0.827. The van der Waals surface area contributed by atoms with Crippen LogP contribution in [0.2, 0.25) is 0 Å². The average molecular weight is 293 g/mol. The van der Waals surface area contributed by atoms with Gasteiger partial charge in [0.1, 0.15) is 15.8 Å². The molecule has 2 aromatic rings. The van der Waals surface area contributed by atoms with Gasteiger partial charge in [-0.05, 0) is 37.6 Å². The van der Waals surface area contributed by atoms with Gasteiger partial charge < -0.3 is 5.32 Å². The fourth-order valence-corrected chi connectivity index (χ4v) is 2.88. The number of hydrogen-bond donors (Lipinski definition) is 1. The van der Waals surface area contributed by atoms with Crippen LogP contribution in [0.4, 0.5) is 4.39 Å². The van der Waals surface area contributed by atoms with Gasteiger partial charge in [0.2, 0.25) is 0 Å². The van der Waals surface area contributed by atoms with Gasteiger partial charge in [-0.1, -0.05) is 31.3 Å². The molecule has 20 heavy (non-hydrogen) atoms. The highest BCUT2D eigenvalue weighted by atomic mass is 32.1. The molecular weight excluding hydrogens is 273 g/mol. The predicted octanol–water partition coefficient (Wildman–Crippen LogP) is 3.58. The van der Waals surface area contributed by atoms with Gasteiger partial charge in [-0.25, -0.2) is 4.39 Å². The molecule has 0 saturated carbocycles. The third-order valence-electron chi connectivity index (χ3n) is 3.02. The van der Waals surface area contributed by atoms with Crippen LogP contribution >= 0.6 is 11.3 Å². The van der Waals surface area contributed by atoms with Crippen LogP contribution in [0.25, 0.3) is 10.6 Å². The molecule has 1 N–H and O–H groups in total. The van der Waals surface area contributed by atoms with E-state index in [-0.39, 0.29) is 5.82 Å². The molecule has 0 aliphatic heterocycles. The summed E-state index contributed by atoms with van der Waals surface area (Å²) in [5.74, 6) is -0.233. The first kappa shape index (κ1) is 15.1. The number of rotatable bonds is 6. The van der Waals surface area contributed by atoms with Crippen molar-refractivity contribution in [3.63, 3.8) is 0 Å². The van der Waals surface area contributed by atoms with Crippen LogP contribution in [0.15, 0.2) is 18.2 Å². The molecule has 5 heteroatoms. The zero-order valence-corrected chi connectivity index (χ0v) is 12.9. The third-order valence-corrected chi connectivity index (χ3v) is 4.03. The number of hydrogen-bond acceptors (Lipinski definition) is 4. The second-order valence-corrected chi connectivity index (χ2v) is 6.23. The minimum absolute atomic E-state index is 0.233. The molecule has 2 rings (SSSR count). The topological polar surface area (TPSA) is 37.8 Å². The third kappa shape index (κ3) is 4.08. The van der Waals surface area contributed by atoms with Crippen molar-refractivity contribution in [3.8, 4) is 10.6 Å². The molecule has 0 radical (unpaired) electrons. The molecule has 3 nitrogen and oxygen atoms in total.